The van der Waals surface area contributed by atoms with Gasteiger partial charge in [-0.15, -0.1) is 0 Å². The Kier molecular flexibility index (Phi) is 2.04. The molecule has 2 rings (SSSR count). The van der Waals surface area contributed by atoms with Crippen LogP contribution < -0.4 is 0 Å². The van der Waals surface area contributed by atoms with Gasteiger partial charge in [-0.2, -0.15) is 5.10 Å². The molecule has 2 aromatic rings. The maximum atomic E-state index is 4.25. The van der Waals surface area contributed by atoms with Crippen molar-refractivity contribution in [2.75, 3.05) is 0 Å². The van der Waals surface area contributed by atoms with Crippen molar-refractivity contribution >= 4 is 0 Å². The molecule has 0 N–H and O–H groups in total. The number of hydrogen-bond donors (Lipinski definition) is 0. The van der Waals surface area contributed by atoms with E-state index in [0.717, 1.165) is 17.2 Å². The number of rotatable bonds is 1. The minimum atomic E-state index is 0.773. The van der Waals surface area contributed by atoms with Crippen molar-refractivity contribution < 1.29 is 0 Å². The second kappa shape index (κ2) is 3.21. The molecule has 0 aromatic carbocycles. The van der Waals surface area contributed by atoms with Crippen molar-refractivity contribution in [2.24, 2.45) is 0 Å². The summed E-state index contributed by atoms with van der Waals surface area (Å²) in [5.74, 6) is 0.773. The maximum Gasteiger partial charge on any atom is 0.125 e. The Balaban J connectivity index is 2.49. The van der Waals surface area contributed by atoms with E-state index in [0.29, 0.717) is 0 Å². The monoisotopic (exact) mass is 188 g/mol. The molecule has 0 spiro atoms. The highest BCUT2D eigenvalue weighted by molar-refractivity contribution is 5.29. The molecule has 0 aliphatic carbocycles. The van der Waals surface area contributed by atoms with Crippen LogP contribution in [0.15, 0.2) is 18.6 Å². The molecule has 0 amide bonds. The van der Waals surface area contributed by atoms with Gasteiger partial charge < -0.3 is 0 Å². The molecule has 0 saturated carbocycles. The van der Waals surface area contributed by atoms with Gasteiger partial charge in [0.25, 0.3) is 0 Å². The molecule has 72 valence electrons. The Morgan fingerprint density at radius 2 is 1.64 bits per heavy atom. The number of aryl methyl sites for hydroxylation is 2. The van der Waals surface area contributed by atoms with Gasteiger partial charge in [-0.1, -0.05) is 0 Å². The van der Waals surface area contributed by atoms with E-state index in [1.54, 1.807) is 12.4 Å². The third-order valence-corrected chi connectivity index (χ3v) is 2.27. The Hall–Kier alpha value is -1.71. The molecule has 0 aliphatic rings. The Bertz CT molecular complexity index is 442. The van der Waals surface area contributed by atoms with Gasteiger partial charge >= 0.3 is 0 Å². The standard InChI is InChI=1S/C10H12N4/c1-7-4-13-14(8(7)2)10-5-11-9(3)12-6-10/h4-6H,1-3H3. The Morgan fingerprint density at radius 1 is 1.00 bits per heavy atom. The maximum absolute atomic E-state index is 4.25. The molecule has 4 heteroatoms. The first kappa shape index (κ1) is 8.87. The summed E-state index contributed by atoms with van der Waals surface area (Å²) in [6.45, 7) is 5.93. The summed E-state index contributed by atoms with van der Waals surface area (Å²) >= 11 is 0. The average Bonchev–Trinajstić information content (AvgIpc) is 2.50. The fourth-order valence-corrected chi connectivity index (χ4v) is 1.25. The molecule has 2 heterocycles. The van der Waals surface area contributed by atoms with Crippen LogP contribution in [0, 0.1) is 20.8 Å². The molecule has 0 saturated heterocycles. The van der Waals surface area contributed by atoms with E-state index in [1.165, 1.54) is 5.56 Å². The van der Waals surface area contributed by atoms with Crippen LogP contribution in [-0.2, 0) is 0 Å². The van der Waals surface area contributed by atoms with E-state index in [1.807, 2.05) is 31.6 Å². The van der Waals surface area contributed by atoms with E-state index in [-0.39, 0.29) is 0 Å². The highest BCUT2D eigenvalue weighted by Crippen LogP contribution is 2.10. The van der Waals surface area contributed by atoms with E-state index < -0.39 is 0 Å². The molecule has 4 nitrogen and oxygen atoms in total. The molecular weight excluding hydrogens is 176 g/mol. The lowest BCUT2D eigenvalue weighted by molar-refractivity contribution is 0.827. The molecule has 0 fully saturated rings. The van der Waals surface area contributed by atoms with Crippen molar-refractivity contribution in [3.05, 3.63) is 35.7 Å². The highest BCUT2D eigenvalue weighted by atomic mass is 15.3. The zero-order chi connectivity index (χ0) is 10.1. The van der Waals surface area contributed by atoms with Crippen LogP contribution in [0.2, 0.25) is 0 Å². The van der Waals surface area contributed by atoms with Gasteiger partial charge in [-0.25, -0.2) is 14.6 Å². The van der Waals surface area contributed by atoms with Crippen molar-refractivity contribution in [2.45, 2.75) is 20.8 Å². The van der Waals surface area contributed by atoms with Gasteiger partial charge in [-0.05, 0) is 26.3 Å². The molecule has 0 atom stereocenters. The van der Waals surface area contributed by atoms with Crippen LogP contribution in [0.1, 0.15) is 17.1 Å². The van der Waals surface area contributed by atoms with Crippen LogP contribution in [-0.4, -0.2) is 19.7 Å². The molecule has 0 unspecified atom stereocenters. The highest BCUT2D eigenvalue weighted by Gasteiger charge is 2.04. The average molecular weight is 188 g/mol. The third-order valence-electron chi connectivity index (χ3n) is 2.27. The normalized spacial score (nSPS) is 10.5. The van der Waals surface area contributed by atoms with Crippen LogP contribution >= 0.6 is 0 Å². The van der Waals surface area contributed by atoms with E-state index in [2.05, 4.69) is 15.1 Å². The van der Waals surface area contributed by atoms with Gasteiger partial charge in [0.15, 0.2) is 0 Å². The SMILES string of the molecule is Cc1ncc(-n2ncc(C)c2C)cn1. The predicted molar refractivity (Wildman–Crippen MR) is 53.4 cm³/mol. The summed E-state index contributed by atoms with van der Waals surface area (Å²) in [6, 6.07) is 0. The van der Waals surface area contributed by atoms with Gasteiger partial charge in [0.05, 0.1) is 18.6 Å². The van der Waals surface area contributed by atoms with Gasteiger partial charge in [0.1, 0.15) is 11.5 Å². The minimum absolute atomic E-state index is 0.773. The first-order chi connectivity index (χ1) is 6.68. The molecule has 0 bridgehead atoms. The quantitative estimate of drug-likeness (QED) is 0.682. The molecule has 0 aliphatic heterocycles. The first-order valence-electron chi connectivity index (χ1n) is 4.49. The van der Waals surface area contributed by atoms with Crippen molar-refractivity contribution in [3.8, 4) is 5.69 Å². The van der Waals surface area contributed by atoms with Crippen LogP contribution in [0.4, 0.5) is 0 Å². The molecule has 2 aromatic heterocycles. The summed E-state index contributed by atoms with van der Waals surface area (Å²) in [5.41, 5.74) is 3.20. The molecule has 14 heavy (non-hydrogen) atoms. The van der Waals surface area contributed by atoms with E-state index in [4.69, 9.17) is 0 Å². The Labute approximate surface area is 82.6 Å². The van der Waals surface area contributed by atoms with Crippen LogP contribution in [0.5, 0.6) is 0 Å². The largest absolute Gasteiger partial charge is 0.239 e. The number of aromatic nitrogens is 4. The van der Waals surface area contributed by atoms with Crippen molar-refractivity contribution in [3.63, 3.8) is 0 Å². The zero-order valence-electron chi connectivity index (χ0n) is 8.52. The second-order valence-electron chi connectivity index (χ2n) is 3.31. The van der Waals surface area contributed by atoms with Crippen LogP contribution in [0.3, 0.4) is 0 Å². The van der Waals surface area contributed by atoms with Crippen molar-refractivity contribution in [1.29, 1.82) is 0 Å². The third kappa shape index (κ3) is 1.39. The summed E-state index contributed by atoms with van der Waals surface area (Å²) in [5, 5.41) is 4.25. The first-order valence-corrected chi connectivity index (χ1v) is 4.49. The van der Waals surface area contributed by atoms with Crippen molar-refractivity contribution in [1.82, 2.24) is 19.7 Å². The molecule has 0 radical (unpaired) electrons. The van der Waals surface area contributed by atoms with Crippen LogP contribution in [0.25, 0.3) is 5.69 Å². The van der Waals surface area contributed by atoms with E-state index >= 15 is 0 Å². The zero-order valence-corrected chi connectivity index (χ0v) is 8.52. The fourth-order valence-electron chi connectivity index (χ4n) is 1.25. The lowest BCUT2D eigenvalue weighted by Gasteiger charge is -2.03. The summed E-state index contributed by atoms with van der Waals surface area (Å²) in [7, 11) is 0. The Morgan fingerprint density at radius 3 is 2.14 bits per heavy atom. The summed E-state index contributed by atoms with van der Waals surface area (Å²) in [4.78, 5) is 8.27. The fraction of sp³-hybridized carbons (Fsp3) is 0.300. The second-order valence-corrected chi connectivity index (χ2v) is 3.31. The van der Waals surface area contributed by atoms with Gasteiger partial charge in [0, 0.05) is 5.69 Å². The number of hydrogen-bond acceptors (Lipinski definition) is 3. The van der Waals surface area contributed by atoms with Gasteiger partial charge in [-0.3, -0.25) is 0 Å². The topological polar surface area (TPSA) is 43.6 Å². The summed E-state index contributed by atoms with van der Waals surface area (Å²) < 4.78 is 1.84. The van der Waals surface area contributed by atoms with Gasteiger partial charge in [0.2, 0.25) is 0 Å². The number of nitrogens with zero attached hydrogens (tertiary/aromatic N) is 4. The smallest absolute Gasteiger partial charge is 0.125 e. The lowest BCUT2D eigenvalue weighted by atomic mass is 10.3. The summed E-state index contributed by atoms with van der Waals surface area (Å²) in [6.07, 6.45) is 5.40. The van der Waals surface area contributed by atoms with E-state index in [9.17, 15) is 0 Å². The predicted octanol–water partition coefficient (Wildman–Crippen LogP) is 1.59. The minimum Gasteiger partial charge on any atom is -0.239 e. The molecular formula is C10H12N4. The lowest BCUT2D eigenvalue weighted by Crippen LogP contribution is -2.01.